The van der Waals surface area contributed by atoms with Crippen molar-refractivity contribution < 1.29 is 18.7 Å². The molecule has 3 N–H and O–H groups in total. The van der Waals surface area contributed by atoms with Crippen LogP contribution < -0.4 is 15.8 Å². The first-order chi connectivity index (χ1) is 13.4. The van der Waals surface area contributed by atoms with Crippen molar-refractivity contribution in [2.24, 2.45) is 5.73 Å². The SMILES string of the molecule is Cc1ccc(C(=O)Nc2ccc(F)c(COc3cncc(C(N)=O)c3)c2)cn1. The first-order valence-corrected chi connectivity index (χ1v) is 8.32. The van der Waals surface area contributed by atoms with E-state index in [1.54, 1.807) is 12.1 Å². The van der Waals surface area contributed by atoms with E-state index in [0.717, 1.165) is 5.69 Å². The van der Waals surface area contributed by atoms with Crippen molar-refractivity contribution in [3.8, 4) is 5.75 Å². The van der Waals surface area contributed by atoms with Crippen LogP contribution in [0.2, 0.25) is 0 Å². The number of nitrogens with two attached hydrogens (primary N) is 1. The van der Waals surface area contributed by atoms with E-state index >= 15 is 0 Å². The molecule has 7 nitrogen and oxygen atoms in total. The number of rotatable bonds is 6. The van der Waals surface area contributed by atoms with E-state index in [4.69, 9.17) is 10.5 Å². The highest BCUT2D eigenvalue weighted by atomic mass is 19.1. The van der Waals surface area contributed by atoms with E-state index in [1.165, 1.54) is 42.9 Å². The van der Waals surface area contributed by atoms with Crippen LogP contribution in [0.4, 0.5) is 10.1 Å². The molecule has 2 amide bonds. The number of hydrogen-bond donors (Lipinski definition) is 2. The van der Waals surface area contributed by atoms with Crippen LogP contribution in [-0.2, 0) is 6.61 Å². The number of carbonyl (C=O) groups is 2. The maximum Gasteiger partial charge on any atom is 0.257 e. The summed E-state index contributed by atoms with van der Waals surface area (Å²) in [5, 5.41) is 2.69. The van der Waals surface area contributed by atoms with Crippen molar-refractivity contribution in [3.05, 3.63) is 83.2 Å². The first-order valence-electron chi connectivity index (χ1n) is 8.32. The normalized spacial score (nSPS) is 10.4. The summed E-state index contributed by atoms with van der Waals surface area (Å²) >= 11 is 0. The summed E-state index contributed by atoms with van der Waals surface area (Å²) in [6.45, 7) is 1.70. The van der Waals surface area contributed by atoms with Crippen molar-refractivity contribution in [1.82, 2.24) is 9.97 Å². The van der Waals surface area contributed by atoms with Gasteiger partial charge in [-0.25, -0.2) is 4.39 Å². The predicted molar refractivity (Wildman–Crippen MR) is 100 cm³/mol. The molecule has 0 saturated carbocycles. The third-order valence-electron chi connectivity index (χ3n) is 3.87. The Labute approximate surface area is 160 Å². The van der Waals surface area contributed by atoms with Crippen molar-refractivity contribution in [3.63, 3.8) is 0 Å². The number of pyridine rings is 2. The lowest BCUT2D eigenvalue weighted by molar-refractivity contribution is 0.0996. The Kier molecular flexibility index (Phi) is 5.59. The zero-order valence-corrected chi connectivity index (χ0v) is 15.0. The van der Waals surface area contributed by atoms with Gasteiger partial charge in [0, 0.05) is 29.3 Å². The van der Waals surface area contributed by atoms with Gasteiger partial charge < -0.3 is 15.8 Å². The molecule has 0 spiro atoms. The van der Waals surface area contributed by atoms with Crippen LogP contribution in [0.1, 0.15) is 32.0 Å². The third kappa shape index (κ3) is 4.67. The average Bonchev–Trinajstić information content (AvgIpc) is 2.69. The van der Waals surface area contributed by atoms with Crippen LogP contribution in [0, 0.1) is 12.7 Å². The maximum absolute atomic E-state index is 14.1. The Hall–Kier alpha value is -3.81. The molecule has 8 heteroatoms. The third-order valence-corrected chi connectivity index (χ3v) is 3.87. The molecule has 0 atom stereocenters. The second-order valence-electron chi connectivity index (χ2n) is 6.01. The maximum atomic E-state index is 14.1. The Morgan fingerprint density at radius 1 is 1.11 bits per heavy atom. The monoisotopic (exact) mass is 380 g/mol. The minimum Gasteiger partial charge on any atom is -0.487 e. The topological polar surface area (TPSA) is 107 Å². The molecule has 0 bridgehead atoms. The molecule has 142 valence electrons. The van der Waals surface area contributed by atoms with Gasteiger partial charge in [0.05, 0.1) is 17.3 Å². The van der Waals surface area contributed by atoms with E-state index in [2.05, 4.69) is 15.3 Å². The molecular weight excluding hydrogens is 363 g/mol. The number of ether oxygens (including phenoxy) is 1. The van der Waals surface area contributed by atoms with Crippen LogP contribution in [0.5, 0.6) is 5.75 Å². The van der Waals surface area contributed by atoms with E-state index in [0.29, 0.717) is 11.3 Å². The largest absolute Gasteiger partial charge is 0.487 e. The van der Waals surface area contributed by atoms with Gasteiger partial charge in [0.2, 0.25) is 5.91 Å². The number of primary amides is 1. The van der Waals surface area contributed by atoms with Crippen molar-refractivity contribution in [2.75, 3.05) is 5.32 Å². The minimum atomic E-state index is -0.639. The number of aryl methyl sites for hydroxylation is 1. The fraction of sp³-hybridized carbons (Fsp3) is 0.100. The number of aromatic nitrogens is 2. The van der Waals surface area contributed by atoms with Crippen LogP contribution in [0.15, 0.2) is 55.0 Å². The summed E-state index contributed by atoms with van der Waals surface area (Å²) in [7, 11) is 0. The number of nitrogens with one attached hydrogen (secondary N) is 1. The Bertz CT molecular complexity index is 1020. The van der Waals surface area contributed by atoms with Crippen molar-refractivity contribution in [1.29, 1.82) is 0 Å². The smallest absolute Gasteiger partial charge is 0.257 e. The lowest BCUT2D eigenvalue weighted by atomic mass is 10.2. The molecule has 2 aromatic heterocycles. The molecule has 3 rings (SSSR count). The summed E-state index contributed by atoms with van der Waals surface area (Å²) < 4.78 is 19.6. The summed E-state index contributed by atoms with van der Waals surface area (Å²) in [4.78, 5) is 31.4. The molecule has 0 fully saturated rings. The van der Waals surface area contributed by atoms with Gasteiger partial charge in [0.25, 0.3) is 5.91 Å². The molecule has 3 aromatic rings. The van der Waals surface area contributed by atoms with Crippen molar-refractivity contribution >= 4 is 17.5 Å². The number of anilines is 1. The Morgan fingerprint density at radius 2 is 1.93 bits per heavy atom. The number of halogens is 1. The van der Waals surface area contributed by atoms with Crippen LogP contribution in [-0.4, -0.2) is 21.8 Å². The number of carbonyl (C=O) groups excluding carboxylic acids is 2. The number of hydrogen-bond acceptors (Lipinski definition) is 5. The van der Waals surface area contributed by atoms with Gasteiger partial charge in [-0.3, -0.25) is 19.6 Å². The predicted octanol–water partition coefficient (Wildman–Crippen LogP) is 2.85. The van der Waals surface area contributed by atoms with E-state index in [-0.39, 0.29) is 29.4 Å². The number of nitrogens with zero attached hydrogens (tertiary/aromatic N) is 2. The zero-order valence-electron chi connectivity index (χ0n) is 15.0. The fourth-order valence-corrected chi connectivity index (χ4v) is 2.36. The van der Waals surface area contributed by atoms with Crippen LogP contribution >= 0.6 is 0 Å². The second-order valence-corrected chi connectivity index (χ2v) is 6.01. The molecule has 0 unspecified atom stereocenters. The van der Waals surface area contributed by atoms with Gasteiger partial charge in [-0.05, 0) is 43.3 Å². The molecule has 28 heavy (non-hydrogen) atoms. The summed E-state index contributed by atoms with van der Waals surface area (Å²) in [5.74, 6) is -1.21. The summed E-state index contributed by atoms with van der Waals surface area (Å²) in [6, 6.07) is 8.97. The molecule has 1 aromatic carbocycles. The summed E-state index contributed by atoms with van der Waals surface area (Å²) in [6.07, 6.45) is 4.17. The molecule has 0 radical (unpaired) electrons. The quantitative estimate of drug-likeness (QED) is 0.684. The van der Waals surface area contributed by atoms with Gasteiger partial charge in [-0.15, -0.1) is 0 Å². The lowest BCUT2D eigenvalue weighted by Gasteiger charge is -2.10. The molecule has 0 aliphatic rings. The van der Waals surface area contributed by atoms with E-state index in [9.17, 15) is 14.0 Å². The number of amides is 2. The van der Waals surface area contributed by atoms with Gasteiger partial charge in [-0.2, -0.15) is 0 Å². The van der Waals surface area contributed by atoms with E-state index < -0.39 is 11.7 Å². The highest BCUT2D eigenvalue weighted by Gasteiger charge is 2.10. The van der Waals surface area contributed by atoms with Crippen LogP contribution in [0.25, 0.3) is 0 Å². The highest BCUT2D eigenvalue weighted by molar-refractivity contribution is 6.04. The lowest BCUT2D eigenvalue weighted by Crippen LogP contribution is -2.13. The van der Waals surface area contributed by atoms with Crippen LogP contribution in [0.3, 0.4) is 0 Å². The van der Waals surface area contributed by atoms with Gasteiger partial charge in [-0.1, -0.05) is 0 Å². The molecule has 2 heterocycles. The fourth-order valence-electron chi connectivity index (χ4n) is 2.36. The first kappa shape index (κ1) is 19.0. The van der Waals surface area contributed by atoms with Gasteiger partial charge in [0.1, 0.15) is 18.2 Å². The van der Waals surface area contributed by atoms with Gasteiger partial charge >= 0.3 is 0 Å². The zero-order chi connectivity index (χ0) is 20.1. The second kappa shape index (κ2) is 8.26. The Morgan fingerprint density at radius 3 is 2.64 bits per heavy atom. The van der Waals surface area contributed by atoms with E-state index in [1.807, 2.05) is 6.92 Å². The summed E-state index contributed by atoms with van der Waals surface area (Å²) in [5.41, 5.74) is 7.21. The molecule has 0 aliphatic heterocycles. The van der Waals surface area contributed by atoms with Crippen molar-refractivity contribution in [2.45, 2.75) is 13.5 Å². The molecular formula is C20H17FN4O3. The Balaban J connectivity index is 1.71. The number of benzene rings is 1. The standard InChI is InChI=1S/C20H17FN4O3/c1-12-2-3-13(9-24-12)20(27)25-16-4-5-18(21)15(6-16)11-28-17-7-14(19(22)26)8-23-10-17/h2-10H,11H2,1H3,(H2,22,26)(H,25,27). The van der Waals surface area contributed by atoms with Gasteiger partial charge in [0.15, 0.2) is 0 Å². The molecule has 0 aliphatic carbocycles. The average molecular weight is 380 g/mol. The highest BCUT2D eigenvalue weighted by Crippen LogP contribution is 2.19. The minimum absolute atomic E-state index is 0.120. The molecule has 0 saturated heterocycles.